The van der Waals surface area contributed by atoms with Crippen LogP contribution in [0.2, 0.25) is 0 Å². The normalized spacial score (nSPS) is 10.3. The predicted molar refractivity (Wildman–Crippen MR) is 123 cm³/mol. The summed E-state index contributed by atoms with van der Waals surface area (Å²) >= 11 is 0. The molecule has 1 amide bonds. The first-order valence-electron chi connectivity index (χ1n) is 10.2. The summed E-state index contributed by atoms with van der Waals surface area (Å²) in [5.74, 6) is 1.78. The number of hydrogen-bond acceptors (Lipinski definition) is 5. The van der Waals surface area contributed by atoms with Crippen molar-refractivity contribution in [1.82, 2.24) is 0 Å². The average molecular weight is 421 g/mol. The van der Waals surface area contributed by atoms with Crippen LogP contribution in [0.5, 0.6) is 17.2 Å². The van der Waals surface area contributed by atoms with Crippen LogP contribution in [0.1, 0.15) is 12.0 Å². The van der Waals surface area contributed by atoms with Crippen LogP contribution in [-0.4, -0.2) is 33.3 Å². The van der Waals surface area contributed by atoms with E-state index in [2.05, 4.69) is 22.8 Å². The van der Waals surface area contributed by atoms with Gasteiger partial charge < -0.3 is 24.8 Å². The Morgan fingerprint density at radius 2 is 1.61 bits per heavy atom. The lowest BCUT2D eigenvalue weighted by Crippen LogP contribution is -2.22. The molecule has 0 unspecified atom stereocenters. The Kier molecular flexibility index (Phi) is 8.17. The fourth-order valence-corrected chi connectivity index (χ4v) is 3.12. The maximum atomic E-state index is 12.5. The molecule has 0 fully saturated rings. The van der Waals surface area contributed by atoms with E-state index in [0.717, 1.165) is 12.8 Å². The van der Waals surface area contributed by atoms with Gasteiger partial charge in [-0.2, -0.15) is 0 Å². The molecule has 31 heavy (non-hydrogen) atoms. The molecule has 162 valence electrons. The maximum absolute atomic E-state index is 12.5. The number of ether oxygens (including phenoxy) is 3. The summed E-state index contributed by atoms with van der Waals surface area (Å²) in [6, 6.07) is 23.1. The van der Waals surface area contributed by atoms with Gasteiger partial charge in [-0.1, -0.05) is 42.5 Å². The third-order valence-electron chi connectivity index (χ3n) is 4.72. The molecule has 0 atom stereocenters. The summed E-state index contributed by atoms with van der Waals surface area (Å²) in [4.78, 5) is 12.5. The molecular weight excluding hydrogens is 392 g/mol. The number of hydrogen-bond donors (Lipinski definition) is 2. The van der Waals surface area contributed by atoms with Crippen molar-refractivity contribution in [3.63, 3.8) is 0 Å². The quantitative estimate of drug-likeness (QED) is 0.438. The second-order valence-corrected chi connectivity index (χ2v) is 6.90. The van der Waals surface area contributed by atoms with Gasteiger partial charge in [-0.05, 0) is 42.7 Å². The van der Waals surface area contributed by atoms with Crippen molar-refractivity contribution in [3.05, 3.63) is 78.4 Å². The van der Waals surface area contributed by atoms with Gasteiger partial charge in [0.2, 0.25) is 5.91 Å². The summed E-state index contributed by atoms with van der Waals surface area (Å²) < 4.78 is 16.5. The number of amides is 1. The summed E-state index contributed by atoms with van der Waals surface area (Å²) in [7, 11) is 3.17. The molecule has 0 aliphatic carbocycles. The number of benzene rings is 3. The number of aryl methyl sites for hydroxylation is 1. The number of carbonyl (C=O) groups excluding carboxylic acids is 1. The SMILES string of the molecule is COc1ccc(OC)c(NCC(=O)Nc2ccccc2OCCCc2ccccc2)c1. The highest BCUT2D eigenvalue weighted by molar-refractivity contribution is 5.95. The third-order valence-corrected chi connectivity index (χ3v) is 4.72. The van der Waals surface area contributed by atoms with Crippen molar-refractivity contribution in [3.8, 4) is 17.2 Å². The fraction of sp³-hybridized carbons (Fsp3) is 0.240. The van der Waals surface area contributed by atoms with Crippen LogP contribution in [-0.2, 0) is 11.2 Å². The van der Waals surface area contributed by atoms with Crippen molar-refractivity contribution >= 4 is 17.3 Å². The van der Waals surface area contributed by atoms with Crippen LogP contribution in [0, 0.1) is 0 Å². The molecule has 3 rings (SSSR count). The van der Waals surface area contributed by atoms with Crippen LogP contribution < -0.4 is 24.8 Å². The topological polar surface area (TPSA) is 68.8 Å². The van der Waals surface area contributed by atoms with Crippen molar-refractivity contribution < 1.29 is 19.0 Å². The van der Waals surface area contributed by atoms with E-state index in [1.54, 1.807) is 32.4 Å². The molecule has 0 bridgehead atoms. The standard InChI is InChI=1S/C25H28N2O4/c1-29-20-14-15-23(30-2)22(17-20)26-18-25(28)27-21-12-6-7-13-24(21)31-16-8-11-19-9-4-3-5-10-19/h3-7,9-10,12-15,17,26H,8,11,16,18H2,1-2H3,(H,27,28). The highest BCUT2D eigenvalue weighted by atomic mass is 16.5. The molecule has 0 aromatic heterocycles. The van der Waals surface area contributed by atoms with E-state index >= 15 is 0 Å². The first-order chi connectivity index (χ1) is 15.2. The number of anilines is 2. The smallest absolute Gasteiger partial charge is 0.243 e. The molecule has 0 spiro atoms. The van der Waals surface area contributed by atoms with E-state index in [1.165, 1.54) is 5.56 Å². The summed E-state index contributed by atoms with van der Waals surface area (Å²) in [6.07, 6.45) is 1.84. The molecular formula is C25H28N2O4. The van der Waals surface area contributed by atoms with Gasteiger partial charge in [-0.25, -0.2) is 0 Å². The minimum Gasteiger partial charge on any atom is -0.497 e. The molecule has 0 radical (unpaired) electrons. The van der Waals surface area contributed by atoms with Crippen LogP contribution in [0.25, 0.3) is 0 Å². The first-order valence-corrected chi connectivity index (χ1v) is 10.2. The van der Waals surface area contributed by atoms with Gasteiger partial charge in [-0.15, -0.1) is 0 Å². The van der Waals surface area contributed by atoms with E-state index in [1.807, 2.05) is 42.5 Å². The highest BCUT2D eigenvalue weighted by Crippen LogP contribution is 2.29. The van der Waals surface area contributed by atoms with Gasteiger partial charge in [0, 0.05) is 6.07 Å². The largest absolute Gasteiger partial charge is 0.497 e. The predicted octanol–water partition coefficient (Wildman–Crippen LogP) is 4.77. The van der Waals surface area contributed by atoms with Crippen LogP contribution >= 0.6 is 0 Å². The first kappa shape index (κ1) is 22.0. The summed E-state index contributed by atoms with van der Waals surface area (Å²) in [5.41, 5.74) is 2.61. The van der Waals surface area contributed by atoms with Gasteiger partial charge in [-0.3, -0.25) is 4.79 Å². The van der Waals surface area contributed by atoms with Gasteiger partial charge in [0.1, 0.15) is 17.2 Å². The minimum absolute atomic E-state index is 0.0753. The Labute approximate surface area is 183 Å². The van der Waals surface area contributed by atoms with Gasteiger partial charge in [0.05, 0.1) is 38.7 Å². The van der Waals surface area contributed by atoms with Gasteiger partial charge in [0.15, 0.2) is 0 Å². The monoisotopic (exact) mass is 420 g/mol. The second kappa shape index (κ2) is 11.5. The lowest BCUT2D eigenvalue weighted by Gasteiger charge is -2.14. The van der Waals surface area contributed by atoms with Gasteiger partial charge >= 0.3 is 0 Å². The zero-order valence-electron chi connectivity index (χ0n) is 17.9. The Bertz CT molecular complexity index is 976. The average Bonchev–Trinajstić information content (AvgIpc) is 2.82. The van der Waals surface area contributed by atoms with Crippen molar-refractivity contribution in [2.45, 2.75) is 12.8 Å². The third kappa shape index (κ3) is 6.67. The molecule has 3 aromatic carbocycles. The molecule has 0 aliphatic rings. The van der Waals surface area contributed by atoms with Crippen LogP contribution in [0.3, 0.4) is 0 Å². The van der Waals surface area contributed by atoms with Crippen molar-refractivity contribution in [2.75, 3.05) is 38.0 Å². The number of methoxy groups -OCH3 is 2. The van der Waals surface area contributed by atoms with E-state index in [-0.39, 0.29) is 12.5 Å². The van der Waals surface area contributed by atoms with Crippen molar-refractivity contribution in [1.29, 1.82) is 0 Å². The lowest BCUT2D eigenvalue weighted by molar-refractivity contribution is -0.114. The fourth-order valence-electron chi connectivity index (χ4n) is 3.12. The molecule has 0 heterocycles. The molecule has 6 nitrogen and oxygen atoms in total. The Hall–Kier alpha value is -3.67. The molecule has 0 saturated heterocycles. The maximum Gasteiger partial charge on any atom is 0.243 e. The van der Waals surface area contributed by atoms with E-state index in [0.29, 0.717) is 35.2 Å². The number of nitrogens with one attached hydrogen (secondary N) is 2. The van der Waals surface area contributed by atoms with Crippen LogP contribution in [0.4, 0.5) is 11.4 Å². The number of carbonyl (C=O) groups is 1. The molecule has 2 N–H and O–H groups in total. The van der Waals surface area contributed by atoms with Crippen LogP contribution in [0.15, 0.2) is 72.8 Å². The lowest BCUT2D eigenvalue weighted by atomic mass is 10.1. The van der Waals surface area contributed by atoms with Crippen molar-refractivity contribution in [2.24, 2.45) is 0 Å². The van der Waals surface area contributed by atoms with Gasteiger partial charge in [0.25, 0.3) is 0 Å². The summed E-state index contributed by atoms with van der Waals surface area (Å²) in [5, 5.41) is 6.00. The molecule has 6 heteroatoms. The Balaban J connectivity index is 1.52. The Morgan fingerprint density at radius 3 is 2.39 bits per heavy atom. The zero-order valence-corrected chi connectivity index (χ0v) is 17.9. The zero-order chi connectivity index (χ0) is 21.9. The molecule has 0 aliphatic heterocycles. The van der Waals surface area contributed by atoms with E-state index in [9.17, 15) is 4.79 Å². The Morgan fingerprint density at radius 1 is 0.839 bits per heavy atom. The minimum atomic E-state index is -0.190. The highest BCUT2D eigenvalue weighted by Gasteiger charge is 2.10. The summed E-state index contributed by atoms with van der Waals surface area (Å²) in [6.45, 7) is 0.646. The molecule has 3 aromatic rings. The van der Waals surface area contributed by atoms with E-state index in [4.69, 9.17) is 14.2 Å². The number of para-hydroxylation sites is 2. The van der Waals surface area contributed by atoms with E-state index < -0.39 is 0 Å². The number of rotatable bonds is 11. The second-order valence-electron chi connectivity index (χ2n) is 6.90. The molecule has 0 saturated carbocycles.